The Morgan fingerprint density at radius 2 is 2.43 bits per heavy atom. The molecule has 0 unspecified atom stereocenters. The maximum absolute atomic E-state index is 10.1. The Bertz CT molecular complexity index is 473. The van der Waals surface area contributed by atoms with Gasteiger partial charge in [0.25, 0.3) is 0 Å². The van der Waals surface area contributed by atoms with Gasteiger partial charge < -0.3 is 9.78 Å². The Morgan fingerprint density at radius 3 is 3.29 bits per heavy atom. The lowest BCUT2D eigenvalue weighted by molar-refractivity contribution is -0.107. The molecule has 0 saturated heterocycles. The van der Waals surface area contributed by atoms with E-state index in [4.69, 9.17) is 0 Å². The summed E-state index contributed by atoms with van der Waals surface area (Å²) in [6.07, 6.45) is 8.26. The molecule has 14 heavy (non-hydrogen) atoms. The predicted molar refractivity (Wildman–Crippen MR) is 53.6 cm³/mol. The normalized spacial score (nSPS) is 11.1. The summed E-state index contributed by atoms with van der Waals surface area (Å²) >= 11 is 0. The standard InChI is InChI=1S/C10H9N3O/c14-6-2-1-3-8-7-12-10-9(13-8)4-5-11-10/h1,3-7H,2H2,(H,11,12). The van der Waals surface area contributed by atoms with Crippen LogP contribution >= 0.6 is 0 Å². The third kappa shape index (κ3) is 1.69. The fourth-order valence-electron chi connectivity index (χ4n) is 1.17. The molecule has 2 heterocycles. The van der Waals surface area contributed by atoms with E-state index in [0.717, 1.165) is 23.1 Å². The molecule has 0 aromatic carbocycles. The topological polar surface area (TPSA) is 58.6 Å². The molecule has 4 heteroatoms. The summed E-state index contributed by atoms with van der Waals surface area (Å²) in [7, 11) is 0. The second-order valence-electron chi connectivity index (χ2n) is 2.81. The van der Waals surface area contributed by atoms with E-state index in [-0.39, 0.29) is 0 Å². The van der Waals surface area contributed by atoms with Crippen LogP contribution in [-0.2, 0) is 4.79 Å². The number of carbonyl (C=O) groups is 1. The predicted octanol–water partition coefficient (Wildman–Crippen LogP) is 1.56. The van der Waals surface area contributed by atoms with Crippen LogP contribution in [0.4, 0.5) is 0 Å². The Balaban J connectivity index is 2.29. The number of aldehydes is 1. The number of nitrogens with one attached hydrogen (secondary N) is 1. The van der Waals surface area contributed by atoms with Crippen molar-refractivity contribution in [2.24, 2.45) is 0 Å². The van der Waals surface area contributed by atoms with Crippen molar-refractivity contribution in [3.05, 3.63) is 30.2 Å². The highest BCUT2D eigenvalue weighted by Crippen LogP contribution is 2.07. The molecule has 0 amide bonds. The Kier molecular flexibility index (Phi) is 2.36. The molecule has 0 atom stereocenters. The molecular formula is C10H9N3O. The molecule has 0 bridgehead atoms. The van der Waals surface area contributed by atoms with Gasteiger partial charge in [-0.1, -0.05) is 6.08 Å². The minimum absolute atomic E-state index is 0.410. The van der Waals surface area contributed by atoms with Crippen molar-refractivity contribution in [1.82, 2.24) is 15.0 Å². The quantitative estimate of drug-likeness (QED) is 0.742. The zero-order chi connectivity index (χ0) is 9.80. The Labute approximate surface area is 80.7 Å². The van der Waals surface area contributed by atoms with E-state index in [1.165, 1.54) is 0 Å². The molecule has 2 aromatic rings. The molecule has 0 spiro atoms. The molecule has 0 aliphatic heterocycles. The smallest absolute Gasteiger partial charge is 0.156 e. The molecule has 0 fully saturated rings. The van der Waals surface area contributed by atoms with E-state index < -0.39 is 0 Å². The molecule has 70 valence electrons. The van der Waals surface area contributed by atoms with Crippen molar-refractivity contribution < 1.29 is 4.79 Å². The minimum Gasteiger partial charge on any atom is -0.345 e. The first-order chi connectivity index (χ1) is 6.90. The monoisotopic (exact) mass is 187 g/mol. The Hall–Kier alpha value is -1.97. The van der Waals surface area contributed by atoms with E-state index in [1.807, 2.05) is 6.07 Å². The van der Waals surface area contributed by atoms with Gasteiger partial charge in [-0.15, -0.1) is 0 Å². The molecule has 0 aliphatic rings. The molecular weight excluding hydrogens is 178 g/mol. The highest BCUT2D eigenvalue weighted by atomic mass is 16.1. The average Bonchev–Trinajstić information content (AvgIpc) is 2.65. The minimum atomic E-state index is 0.410. The van der Waals surface area contributed by atoms with Gasteiger partial charge >= 0.3 is 0 Å². The molecule has 2 rings (SSSR count). The van der Waals surface area contributed by atoms with Gasteiger partial charge in [-0.25, -0.2) is 9.97 Å². The maximum atomic E-state index is 10.1. The van der Waals surface area contributed by atoms with Crippen molar-refractivity contribution >= 4 is 23.5 Å². The van der Waals surface area contributed by atoms with E-state index in [2.05, 4.69) is 15.0 Å². The summed E-state index contributed by atoms with van der Waals surface area (Å²) in [6, 6.07) is 1.86. The van der Waals surface area contributed by atoms with Crippen molar-refractivity contribution in [2.45, 2.75) is 6.42 Å². The van der Waals surface area contributed by atoms with Crippen molar-refractivity contribution in [2.75, 3.05) is 0 Å². The summed E-state index contributed by atoms with van der Waals surface area (Å²) in [5, 5.41) is 0. The van der Waals surface area contributed by atoms with Crippen molar-refractivity contribution in [1.29, 1.82) is 0 Å². The average molecular weight is 187 g/mol. The number of hydrogen-bond donors (Lipinski definition) is 1. The molecule has 0 saturated carbocycles. The van der Waals surface area contributed by atoms with Gasteiger partial charge in [0.2, 0.25) is 0 Å². The number of carbonyl (C=O) groups excluding carboxylic acids is 1. The van der Waals surface area contributed by atoms with Gasteiger partial charge in [0.05, 0.1) is 11.9 Å². The molecule has 0 radical (unpaired) electrons. The number of aromatic nitrogens is 3. The van der Waals surface area contributed by atoms with Gasteiger partial charge in [0.1, 0.15) is 11.8 Å². The number of hydrogen-bond acceptors (Lipinski definition) is 3. The number of aromatic amines is 1. The first-order valence-corrected chi connectivity index (χ1v) is 4.30. The van der Waals surface area contributed by atoms with Gasteiger partial charge in [0.15, 0.2) is 5.65 Å². The van der Waals surface area contributed by atoms with E-state index in [9.17, 15) is 4.79 Å². The van der Waals surface area contributed by atoms with E-state index in [1.54, 1.807) is 24.5 Å². The van der Waals surface area contributed by atoms with Crippen LogP contribution in [0.3, 0.4) is 0 Å². The van der Waals surface area contributed by atoms with Crippen LogP contribution in [0.2, 0.25) is 0 Å². The summed E-state index contributed by atoms with van der Waals surface area (Å²) in [4.78, 5) is 21.5. The lowest BCUT2D eigenvalue weighted by Gasteiger charge is -1.91. The van der Waals surface area contributed by atoms with Crippen molar-refractivity contribution in [3.8, 4) is 0 Å². The van der Waals surface area contributed by atoms with Crippen molar-refractivity contribution in [3.63, 3.8) is 0 Å². The summed E-state index contributed by atoms with van der Waals surface area (Å²) in [6.45, 7) is 0. The van der Waals surface area contributed by atoms with Gasteiger partial charge in [-0.2, -0.15) is 0 Å². The number of allylic oxidation sites excluding steroid dienone is 1. The fraction of sp³-hybridized carbons (Fsp3) is 0.100. The van der Waals surface area contributed by atoms with Crippen LogP contribution in [0.1, 0.15) is 12.1 Å². The third-order valence-corrected chi connectivity index (χ3v) is 1.80. The second kappa shape index (κ2) is 3.83. The number of H-pyrrole nitrogens is 1. The van der Waals surface area contributed by atoms with E-state index in [0.29, 0.717) is 6.42 Å². The summed E-state index contributed by atoms with van der Waals surface area (Å²) in [5.74, 6) is 0. The first kappa shape index (κ1) is 8.62. The largest absolute Gasteiger partial charge is 0.345 e. The van der Waals surface area contributed by atoms with Crippen LogP contribution in [0.25, 0.3) is 17.2 Å². The second-order valence-corrected chi connectivity index (χ2v) is 2.81. The van der Waals surface area contributed by atoms with Crippen LogP contribution in [-0.4, -0.2) is 21.2 Å². The SMILES string of the molecule is O=CCC=Cc1cnc2[nH]ccc2n1. The maximum Gasteiger partial charge on any atom is 0.156 e. The molecule has 0 aliphatic carbocycles. The van der Waals surface area contributed by atoms with Gasteiger partial charge in [-0.05, 0) is 12.1 Å². The molecule has 2 aromatic heterocycles. The zero-order valence-electron chi connectivity index (χ0n) is 7.47. The fourth-order valence-corrected chi connectivity index (χ4v) is 1.17. The summed E-state index contributed by atoms with van der Waals surface area (Å²) in [5.41, 5.74) is 2.37. The lowest BCUT2D eigenvalue weighted by Crippen LogP contribution is -1.84. The third-order valence-electron chi connectivity index (χ3n) is 1.80. The number of fused-ring (bicyclic) bond motifs is 1. The zero-order valence-corrected chi connectivity index (χ0v) is 7.47. The summed E-state index contributed by atoms with van der Waals surface area (Å²) < 4.78 is 0. The number of nitrogens with zero attached hydrogens (tertiary/aromatic N) is 2. The molecule has 4 nitrogen and oxygen atoms in total. The van der Waals surface area contributed by atoms with Crippen LogP contribution in [0.5, 0.6) is 0 Å². The van der Waals surface area contributed by atoms with Crippen LogP contribution in [0.15, 0.2) is 24.5 Å². The van der Waals surface area contributed by atoms with Gasteiger partial charge in [0, 0.05) is 12.6 Å². The Morgan fingerprint density at radius 1 is 1.50 bits per heavy atom. The number of rotatable bonds is 3. The van der Waals surface area contributed by atoms with Crippen LogP contribution < -0.4 is 0 Å². The first-order valence-electron chi connectivity index (χ1n) is 4.30. The lowest BCUT2D eigenvalue weighted by atomic mass is 10.3. The van der Waals surface area contributed by atoms with Crippen LogP contribution in [0, 0.1) is 0 Å². The molecule has 1 N–H and O–H groups in total. The highest BCUT2D eigenvalue weighted by molar-refractivity contribution is 5.71. The van der Waals surface area contributed by atoms with Gasteiger partial charge in [-0.3, -0.25) is 0 Å². The highest BCUT2D eigenvalue weighted by Gasteiger charge is 1.96. The van der Waals surface area contributed by atoms with E-state index >= 15 is 0 Å².